The fourth-order valence-corrected chi connectivity index (χ4v) is 7.45. The molecule has 0 aromatic rings. The lowest BCUT2D eigenvalue weighted by atomic mass is 10.0. The zero-order valence-electron chi connectivity index (χ0n) is 42.3. The average Bonchev–Trinajstić information content (AvgIpc) is 3.19. The minimum atomic E-state index is -5.17. The van der Waals surface area contributed by atoms with E-state index in [0.29, 0.717) is 26.1 Å². The van der Waals surface area contributed by atoms with Crippen molar-refractivity contribution in [3.8, 4) is 0 Å². The molecule has 0 radical (unpaired) electrons. The molecule has 13 heteroatoms. The van der Waals surface area contributed by atoms with Gasteiger partial charge in [-0.25, -0.2) is 0 Å². The fourth-order valence-electron chi connectivity index (χ4n) is 7.45. The van der Waals surface area contributed by atoms with Crippen molar-refractivity contribution in [2.75, 3.05) is 81.7 Å². The summed E-state index contributed by atoms with van der Waals surface area (Å²) in [6, 6.07) is 0. The van der Waals surface area contributed by atoms with E-state index in [1.54, 1.807) is 0 Å². The Bertz CT molecular complexity index is 992. The molecule has 0 heterocycles. The molecule has 0 aromatic carbocycles. The quantitative estimate of drug-likeness (QED) is 0.0202. The summed E-state index contributed by atoms with van der Waals surface area (Å²) in [5.74, 6) is 0.479. The maximum Gasteiger partial charge on any atom is 0.219 e. The smallest absolute Gasteiger partial charge is 0.219 e. The van der Waals surface area contributed by atoms with Gasteiger partial charge in [0, 0.05) is 49.5 Å². The number of unbranched alkanes of at least 4 members (excludes halogenated alkanes) is 30. The molecular formula is C50H106N4O8S. The van der Waals surface area contributed by atoms with Crippen LogP contribution in [0.15, 0.2) is 0 Å². The van der Waals surface area contributed by atoms with Crippen LogP contribution in [-0.4, -0.2) is 130 Å². The van der Waals surface area contributed by atoms with Crippen molar-refractivity contribution >= 4 is 22.2 Å². The van der Waals surface area contributed by atoms with Gasteiger partial charge < -0.3 is 38.9 Å². The minimum absolute atomic E-state index is 0.239. The van der Waals surface area contributed by atoms with Gasteiger partial charge in [-0.05, 0) is 51.4 Å². The Labute approximate surface area is 390 Å². The molecule has 0 aliphatic heterocycles. The molecule has 4 N–H and O–H groups in total. The van der Waals surface area contributed by atoms with Gasteiger partial charge in [-0.2, -0.15) is 0 Å². The number of amides is 2. The highest BCUT2D eigenvalue weighted by Gasteiger charge is 2.08. The van der Waals surface area contributed by atoms with E-state index in [0.717, 1.165) is 60.6 Å². The normalized spacial score (nSPS) is 11.7. The molecule has 0 atom stereocenters. The zero-order valence-corrected chi connectivity index (χ0v) is 43.2. The van der Waals surface area contributed by atoms with Gasteiger partial charge in [0.05, 0.1) is 55.4 Å². The maximum absolute atomic E-state index is 11.8. The number of carbonyl (C=O) groups excluding carboxylic acids is 2. The van der Waals surface area contributed by atoms with Gasteiger partial charge in [0.15, 0.2) is 0 Å². The van der Waals surface area contributed by atoms with Crippen molar-refractivity contribution < 1.29 is 46.3 Å². The highest BCUT2D eigenvalue weighted by molar-refractivity contribution is 7.79. The van der Waals surface area contributed by atoms with E-state index in [-0.39, 0.29) is 11.8 Å². The van der Waals surface area contributed by atoms with Crippen molar-refractivity contribution in [1.82, 2.24) is 10.6 Å². The lowest BCUT2D eigenvalue weighted by Gasteiger charge is -2.23. The van der Waals surface area contributed by atoms with Crippen LogP contribution < -0.4 is 10.6 Å². The molecule has 2 amide bonds. The van der Waals surface area contributed by atoms with Crippen LogP contribution in [0.5, 0.6) is 0 Å². The summed E-state index contributed by atoms with van der Waals surface area (Å²) in [6.45, 7) is 4.72. The third-order valence-electron chi connectivity index (χ3n) is 11.3. The van der Waals surface area contributed by atoms with Crippen LogP contribution in [0.2, 0.25) is 0 Å². The summed E-state index contributed by atoms with van der Waals surface area (Å²) >= 11 is 0. The number of nitrogens with one attached hydrogen (secondary N) is 2. The Morgan fingerprint density at radius 3 is 0.746 bits per heavy atom. The van der Waals surface area contributed by atoms with Crippen LogP contribution in [0.3, 0.4) is 0 Å². The first-order valence-corrected chi connectivity index (χ1v) is 27.3. The SMILES string of the molecule is C[N+](C)(C)CCCCNC(=O)CCCCCCCCCCCCCCCCCO.C[N+](C)(C)CCCCNC(=O)CCCCCCCCCCCCCCCCCO.O=S(=O)([O-])[O-]. The molecule has 0 saturated carbocycles. The average molecular weight is 923 g/mol. The Balaban J connectivity index is -0.00000103. The maximum atomic E-state index is 11.8. The standard InChI is InChI=1S/2C25H52N2O2.H2O4S/c2*1-27(2,3)23-19-18-22-26-25(29)21-17-15-13-11-9-7-5-4-6-8-10-12-14-16-20-24-28;1-5(2,3)4/h2*28H,4-24H2,1-3H3;(H2,1,2,3,4). The van der Waals surface area contributed by atoms with Crippen molar-refractivity contribution in [3.05, 3.63) is 0 Å². The summed E-state index contributed by atoms with van der Waals surface area (Å²) in [4.78, 5) is 23.7. The number of carbonyl (C=O) groups is 2. The lowest BCUT2D eigenvalue weighted by molar-refractivity contribution is -0.870. The van der Waals surface area contributed by atoms with Gasteiger partial charge in [-0.3, -0.25) is 18.0 Å². The number of rotatable bonds is 44. The fraction of sp³-hybridized carbons (Fsp3) is 0.960. The Hall–Kier alpha value is -1.35. The van der Waals surface area contributed by atoms with Gasteiger partial charge in [0.1, 0.15) is 0 Å². The first kappa shape index (κ1) is 65.9. The summed E-state index contributed by atoms with van der Waals surface area (Å²) in [6.07, 6.45) is 44.6. The van der Waals surface area contributed by atoms with Crippen LogP contribution >= 0.6 is 0 Å². The van der Waals surface area contributed by atoms with Gasteiger partial charge in [0.2, 0.25) is 11.8 Å². The van der Waals surface area contributed by atoms with Gasteiger partial charge in [-0.1, -0.05) is 167 Å². The topological polar surface area (TPSA) is 179 Å². The van der Waals surface area contributed by atoms with Crippen LogP contribution in [-0.2, 0) is 20.0 Å². The van der Waals surface area contributed by atoms with Gasteiger partial charge in [-0.15, -0.1) is 0 Å². The largest absolute Gasteiger partial charge is 0.759 e. The van der Waals surface area contributed by atoms with E-state index in [2.05, 4.69) is 52.9 Å². The van der Waals surface area contributed by atoms with E-state index in [1.807, 2.05) is 0 Å². The second-order valence-corrected chi connectivity index (χ2v) is 20.9. The lowest BCUT2D eigenvalue weighted by Crippen LogP contribution is -2.35. The highest BCUT2D eigenvalue weighted by Crippen LogP contribution is 2.15. The van der Waals surface area contributed by atoms with E-state index in [4.69, 9.17) is 27.7 Å². The Kier molecular flexibility index (Phi) is 50.8. The molecule has 0 spiro atoms. The monoisotopic (exact) mass is 923 g/mol. The molecule has 0 aliphatic carbocycles. The molecule has 0 rings (SSSR count). The highest BCUT2D eigenvalue weighted by atomic mass is 32.3. The predicted molar refractivity (Wildman–Crippen MR) is 263 cm³/mol. The predicted octanol–water partition coefficient (Wildman–Crippen LogP) is 10.3. The molecule has 0 saturated heterocycles. The van der Waals surface area contributed by atoms with Gasteiger partial charge >= 0.3 is 0 Å². The molecular weight excluding hydrogens is 817 g/mol. The van der Waals surface area contributed by atoms with Crippen molar-refractivity contribution in [2.45, 2.75) is 231 Å². The number of aliphatic hydroxyl groups is 2. The number of quaternary nitrogens is 2. The molecule has 0 fully saturated rings. The van der Waals surface area contributed by atoms with E-state index in [9.17, 15) is 9.59 Å². The molecule has 0 unspecified atom stereocenters. The molecule has 380 valence electrons. The summed E-state index contributed by atoms with van der Waals surface area (Å²) in [5, 5.41) is 23.6. The van der Waals surface area contributed by atoms with Crippen molar-refractivity contribution in [1.29, 1.82) is 0 Å². The summed E-state index contributed by atoms with van der Waals surface area (Å²) in [5.41, 5.74) is 0. The van der Waals surface area contributed by atoms with Crippen LogP contribution in [0.1, 0.15) is 231 Å². The van der Waals surface area contributed by atoms with Crippen LogP contribution in [0.4, 0.5) is 0 Å². The zero-order chi connectivity index (χ0) is 47.8. The molecule has 0 aliphatic rings. The van der Waals surface area contributed by atoms with Crippen LogP contribution in [0.25, 0.3) is 0 Å². The van der Waals surface area contributed by atoms with Crippen molar-refractivity contribution in [2.24, 2.45) is 0 Å². The molecule has 0 bridgehead atoms. The molecule has 63 heavy (non-hydrogen) atoms. The number of hydrogen-bond donors (Lipinski definition) is 4. The second-order valence-electron chi connectivity index (χ2n) is 20.1. The first-order valence-electron chi connectivity index (χ1n) is 25.9. The van der Waals surface area contributed by atoms with E-state index < -0.39 is 10.4 Å². The third kappa shape index (κ3) is 75.3. The number of aliphatic hydroxyl groups excluding tert-OH is 2. The Morgan fingerprint density at radius 1 is 0.365 bits per heavy atom. The van der Waals surface area contributed by atoms with Gasteiger partial charge in [0.25, 0.3) is 0 Å². The minimum Gasteiger partial charge on any atom is -0.759 e. The van der Waals surface area contributed by atoms with Crippen LogP contribution in [0, 0.1) is 0 Å². The molecule has 0 aromatic heterocycles. The van der Waals surface area contributed by atoms with E-state index in [1.165, 1.54) is 193 Å². The van der Waals surface area contributed by atoms with Crippen molar-refractivity contribution in [3.63, 3.8) is 0 Å². The Morgan fingerprint density at radius 2 is 0.556 bits per heavy atom. The third-order valence-corrected chi connectivity index (χ3v) is 11.3. The second kappa shape index (κ2) is 48.6. The van der Waals surface area contributed by atoms with E-state index >= 15 is 0 Å². The summed E-state index contributed by atoms with van der Waals surface area (Å²) < 4.78 is 36.1. The molecule has 12 nitrogen and oxygen atoms in total. The summed E-state index contributed by atoms with van der Waals surface area (Å²) in [7, 11) is 8.11. The first-order chi connectivity index (χ1) is 29.9. The number of hydrogen-bond acceptors (Lipinski definition) is 8. The number of nitrogens with zero attached hydrogens (tertiary/aromatic N) is 2.